The molecular weight excluding hydrogens is 346 g/mol. The van der Waals surface area contributed by atoms with E-state index in [9.17, 15) is 9.90 Å². The van der Waals surface area contributed by atoms with E-state index in [1.807, 2.05) is 6.92 Å². The third-order valence-corrected chi connectivity index (χ3v) is 5.52. The molecule has 1 aromatic heterocycles. The van der Waals surface area contributed by atoms with Crippen LogP contribution in [0.25, 0.3) is 0 Å². The average Bonchev–Trinajstić information content (AvgIpc) is 2.61. The summed E-state index contributed by atoms with van der Waals surface area (Å²) in [6.45, 7) is 1.81. The van der Waals surface area contributed by atoms with E-state index in [0.29, 0.717) is 31.0 Å². The number of hydrogen-bond acceptors (Lipinski definition) is 7. The van der Waals surface area contributed by atoms with Crippen LogP contribution in [0.5, 0.6) is 0 Å². The maximum atomic E-state index is 11.8. The number of amides is 1. The van der Waals surface area contributed by atoms with Crippen LogP contribution in [0.1, 0.15) is 72.8 Å². The predicted molar refractivity (Wildman–Crippen MR) is 104 cm³/mol. The molecule has 8 nitrogen and oxygen atoms in total. The lowest BCUT2D eigenvalue weighted by atomic mass is 9.83. The lowest BCUT2D eigenvalue weighted by molar-refractivity contribution is 0.0182. The number of primary amides is 1. The topological polar surface area (TPSA) is 122 Å². The van der Waals surface area contributed by atoms with E-state index >= 15 is 0 Å². The van der Waals surface area contributed by atoms with E-state index in [2.05, 4.69) is 20.6 Å². The standard InChI is InChI=1S/C19H31N5O3/c1-19(26)9-3-4-13(10-19)22-17-15(16(20)25)11-21-18(24-17)23-12-5-7-14(27-2)8-6-12/h11-14,26H,3-10H2,1-2H3,(H2,20,25)(H2,21,22,23,24)/t12?,13?,14?,19-/m0/s1/i2D3. The monoisotopic (exact) mass is 380 g/mol. The number of anilines is 2. The summed E-state index contributed by atoms with van der Waals surface area (Å²) in [4.78, 5) is 20.5. The van der Waals surface area contributed by atoms with Crippen molar-refractivity contribution in [3.8, 4) is 0 Å². The number of methoxy groups -OCH3 is 1. The SMILES string of the molecule is [2H]C([2H])([2H])OC1CCC(Nc2ncc(C(N)=O)c(NC3CCC[C@](C)(O)C3)n2)CC1. The van der Waals surface area contributed by atoms with Crippen LogP contribution in [-0.2, 0) is 4.74 Å². The molecule has 0 saturated heterocycles. The third kappa shape index (κ3) is 5.29. The Morgan fingerprint density at radius 2 is 2.11 bits per heavy atom. The van der Waals surface area contributed by atoms with Crippen molar-refractivity contribution in [3.63, 3.8) is 0 Å². The van der Waals surface area contributed by atoms with Gasteiger partial charge >= 0.3 is 0 Å². The molecule has 0 aliphatic heterocycles. The van der Waals surface area contributed by atoms with Crippen LogP contribution in [0.2, 0.25) is 0 Å². The number of hydrogen-bond donors (Lipinski definition) is 4. The van der Waals surface area contributed by atoms with Crippen molar-refractivity contribution in [1.29, 1.82) is 0 Å². The molecule has 3 rings (SSSR count). The second kappa shape index (κ2) is 8.39. The molecule has 2 fully saturated rings. The van der Waals surface area contributed by atoms with Crippen LogP contribution in [-0.4, -0.2) is 51.8 Å². The van der Waals surface area contributed by atoms with E-state index in [0.717, 1.165) is 32.1 Å². The molecule has 2 atom stereocenters. The summed E-state index contributed by atoms with van der Waals surface area (Å²) in [7, 11) is -2.37. The molecule has 2 aliphatic carbocycles. The zero-order chi connectivity index (χ0) is 21.9. The van der Waals surface area contributed by atoms with Crippen LogP contribution in [0.4, 0.5) is 11.8 Å². The van der Waals surface area contributed by atoms with Crippen molar-refractivity contribution < 1.29 is 18.8 Å². The largest absolute Gasteiger partial charge is 0.390 e. The first-order valence-corrected chi connectivity index (χ1v) is 9.61. The van der Waals surface area contributed by atoms with Crippen molar-refractivity contribution in [2.45, 2.75) is 82.1 Å². The zero-order valence-electron chi connectivity index (χ0n) is 18.7. The Labute approximate surface area is 164 Å². The molecule has 2 saturated carbocycles. The van der Waals surface area contributed by atoms with Crippen LogP contribution < -0.4 is 16.4 Å². The van der Waals surface area contributed by atoms with Crippen LogP contribution >= 0.6 is 0 Å². The van der Waals surface area contributed by atoms with Gasteiger partial charge in [0.1, 0.15) is 5.82 Å². The van der Waals surface area contributed by atoms with Gasteiger partial charge < -0.3 is 26.2 Å². The zero-order valence-corrected chi connectivity index (χ0v) is 15.7. The number of aromatic nitrogens is 2. The summed E-state index contributed by atoms with van der Waals surface area (Å²) in [5, 5.41) is 16.9. The molecular formula is C19H31N5O3. The van der Waals surface area contributed by atoms with E-state index in [-0.39, 0.29) is 23.8 Å². The molecule has 5 N–H and O–H groups in total. The predicted octanol–water partition coefficient (Wildman–Crippen LogP) is 2.05. The van der Waals surface area contributed by atoms with Gasteiger partial charge in [0.25, 0.3) is 5.91 Å². The van der Waals surface area contributed by atoms with Gasteiger partial charge in [-0.3, -0.25) is 4.79 Å². The van der Waals surface area contributed by atoms with E-state index in [4.69, 9.17) is 14.6 Å². The Morgan fingerprint density at radius 1 is 1.33 bits per heavy atom. The van der Waals surface area contributed by atoms with Gasteiger partial charge in [0.2, 0.25) is 5.95 Å². The van der Waals surface area contributed by atoms with Gasteiger partial charge in [0.15, 0.2) is 0 Å². The Hall–Kier alpha value is -1.93. The summed E-state index contributed by atoms with van der Waals surface area (Å²) in [5.41, 5.74) is 4.95. The normalized spacial score (nSPS) is 33.4. The number of rotatable bonds is 6. The maximum absolute atomic E-state index is 11.8. The van der Waals surface area contributed by atoms with Crippen molar-refractivity contribution in [2.75, 3.05) is 17.7 Å². The maximum Gasteiger partial charge on any atom is 0.254 e. The highest BCUT2D eigenvalue weighted by atomic mass is 16.5. The minimum absolute atomic E-state index is 0.0120. The van der Waals surface area contributed by atoms with Gasteiger partial charge in [0, 0.05) is 25.3 Å². The van der Waals surface area contributed by atoms with Gasteiger partial charge in [-0.25, -0.2) is 4.98 Å². The highest BCUT2D eigenvalue weighted by Gasteiger charge is 2.31. The third-order valence-electron chi connectivity index (χ3n) is 5.52. The number of nitrogens with zero attached hydrogens (tertiary/aromatic N) is 2. The molecule has 8 heteroatoms. The molecule has 0 bridgehead atoms. The van der Waals surface area contributed by atoms with Crippen LogP contribution in [0.15, 0.2) is 6.20 Å². The van der Waals surface area contributed by atoms with Crippen LogP contribution in [0.3, 0.4) is 0 Å². The highest BCUT2D eigenvalue weighted by molar-refractivity contribution is 5.97. The first-order chi connectivity index (χ1) is 14.0. The molecule has 27 heavy (non-hydrogen) atoms. The Balaban J connectivity index is 1.64. The van der Waals surface area contributed by atoms with E-state index < -0.39 is 18.5 Å². The lowest BCUT2D eigenvalue weighted by Crippen LogP contribution is -2.38. The quantitative estimate of drug-likeness (QED) is 0.596. The molecule has 1 unspecified atom stereocenters. The van der Waals surface area contributed by atoms with Gasteiger partial charge in [-0.15, -0.1) is 0 Å². The molecule has 0 spiro atoms. The summed E-state index contributed by atoms with van der Waals surface area (Å²) < 4.78 is 26.8. The summed E-state index contributed by atoms with van der Waals surface area (Å²) >= 11 is 0. The van der Waals surface area contributed by atoms with Crippen molar-refractivity contribution >= 4 is 17.7 Å². The minimum atomic E-state index is -2.37. The number of nitrogens with one attached hydrogen (secondary N) is 2. The van der Waals surface area contributed by atoms with E-state index in [1.165, 1.54) is 6.20 Å². The second-order valence-electron chi connectivity index (χ2n) is 7.99. The van der Waals surface area contributed by atoms with Crippen LogP contribution in [0, 0.1) is 0 Å². The van der Waals surface area contributed by atoms with Crippen molar-refractivity contribution in [1.82, 2.24) is 9.97 Å². The minimum Gasteiger partial charge on any atom is -0.390 e. The molecule has 150 valence electrons. The number of nitrogens with two attached hydrogens (primary N) is 1. The fraction of sp³-hybridized carbons (Fsp3) is 0.737. The number of ether oxygens (including phenoxy) is 1. The highest BCUT2D eigenvalue weighted by Crippen LogP contribution is 2.30. The molecule has 0 radical (unpaired) electrons. The first kappa shape index (κ1) is 16.1. The molecule has 1 heterocycles. The second-order valence-corrected chi connectivity index (χ2v) is 7.99. The van der Waals surface area contributed by atoms with Crippen molar-refractivity contribution in [3.05, 3.63) is 11.8 Å². The summed E-state index contributed by atoms with van der Waals surface area (Å²) in [6, 6.07) is 0.0752. The number of aliphatic hydroxyl groups is 1. The van der Waals surface area contributed by atoms with Gasteiger partial charge in [-0.05, 0) is 58.3 Å². The Bertz CT molecular complexity index is 751. The fourth-order valence-electron chi connectivity index (χ4n) is 4.03. The summed E-state index contributed by atoms with van der Waals surface area (Å²) in [6.07, 6.45) is 6.93. The fourth-order valence-corrected chi connectivity index (χ4v) is 4.03. The van der Waals surface area contributed by atoms with Gasteiger partial charge in [-0.1, -0.05) is 0 Å². The Morgan fingerprint density at radius 3 is 2.78 bits per heavy atom. The van der Waals surface area contributed by atoms with Crippen molar-refractivity contribution in [2.24, 2.45) is 5.73 Å². The van der Waals surface area contributed by atoms with E-state index in [1.54, 1.807) is 0 Å². The molecule has 1 aromatic rings. The first-order valence-electron chi connectivity index (χ1n) is 11.1. The smallest absolute Gasteiger partial charge is 0.254 e. The Kier molecular flexibility index (Phi) is 4.99. The van der Waals surface area contributed by atoms with Gasteiger partial charge in [-0.2, -0.15) is 4.98 Å². The van der Waals surface area contributed by atoms with Gasteiger partial charge in [0.05, 0.1) is 21.4 Å². The number of carbonyl (C=O) groups excluding carboxylic acids is 1. The molecule has 0 aromatic carbocycles. The lowest BCUT2D eigenvalue weighted by Gasteiger charge is -2.34. The molecule has 2 aliphatic rings. The summed E-state index contributed by atoms with van der Waals surface area (Å²) in [5.74, 6) is 0.126. The number of carbonyl (C=O) groups is 1. The average molecular weight is 381 g/mol. The molecule has 1 amide bonds.